The highest BCUT2D eigenvalue weighted by Gasteiger charge is 2.03. The molecule has 0 bridgehead atoms. The monoisotopic (exact) mass is 257 g/mol. The summed E-state index contributed by atoms with van der Waals surface area (Å²) < 4.78 is 0. The minimum absolute atomic E-state index is 1.16. The third-order valence-corrected chi connectivity index (χ3v) is 3.69. The van der Waals surface area contributed by atoms with Crippen molar-refractivity contribution < 1.29 is 0 Å². The molecule has 0 aliphatic rings. The Bertz CT molecular complexity index is 158. The first kappa shape index (κ1) is 17.9. The van der Waals surface area contributed by atoms with E-state index in [0.29, 0.717) is 0 Å². The number of hydrogen-bond donors (Lipinski definition) is 1. The summed E-state index contributed by atoms with van der Waals surface area (Å²) in [5.41, 5.74) is 0. The number of hydrogen-bond acceptors (Lipinski definition) is 3. The first-order chi connectivity index (χ1) is 8.78. The van der Waals surface area contributed by atoms with E-state index in [1.54, 1.807) is 0 Å². The van der Waals surface area contributed by atoms with E-state index in [0.717, 1.165) is 6.54 Å². The molecule has 0 rings (SSSR count). The zero-order valence-electron chi connectivity index (χ0n) is 13.2. The van der Waals surface area contributed by atoms with Gasteiger partial charge in [-0.2, -0.15) is 0 Å². The highest BCUT2D eigenvalue weighted by atomic mass is 15.1. The summed E-state index contributed by atoms with van der Waals surface area (Å²) >= 11 is 0. The molecule has 110 valence electrons. The molecular formula is C15H35N3. The van der Waals surface area contributed by atoms with Crippen LogP contribution < -0.4 is 5.32 Å². The van der Waals surface area contributed by atoms with Crippen LogP contribution >= 0.6 is 0 Å². The quantitative estimate of drug-likeness (QED) is 0.511. The van der Waals surface area contributed by atoms with Gasteiger partial charge in [0.15, 0.2) is 0 Å². The molecule has 0 aliphatic carbocycles. The van der Waals surface area contributed by atoms with E-state index in [4.69, 9.17) is 0 Å². The van der Waals surface area contributed by atoms with Crippen molar-refractivity contribution in [2.24, 2.45) is 0 Å². The van der Waals surface area contributed by atoms with Gasteiger partial charge >= 0.3 is 0 Å². The van der Waals surface area contributed by atoms with E-state index in [2.05, 4.69) is 35.9 Å². The summed E-state index contributed by atoms with van der Waals surface area (Å²) in [5.74, 6) is 0. The van der Waals surface area contributed by atoms with Crippen LogP contribution in [0.5, 0.6) is 0 Å². The Hall–Kier alpha value is -0.120. The van der Waals surface area contributed by atoms with Gasteiger partial charge in [0.05, 0.1) is 0 Å². The van der Waals surface area contributed by atoms with Crippen molar-refractivity contribution in [1.82, 2.24) is 15.1 Å². The van der Waals surface area contributed by atoms with Crippen LogP contribution in [0.15, 0.2) is 0 Å². The molecule has 3 nitrogen and oxygen atoms in total. The number of rotatable bonds is 13. The first-order valence-corrected chi connectivity index (χ1v) is 7.87. The summed E-state index contributed by atoms with van der Waals surface area (Å²) in [4.78, 5) is 5.11. The third-order valence-electron chi connectivity index (χ3n) is 3.69. The average molecular weight is 257 g/mol. The fourth-order valence-electron chi connectivity index (χ4n) is 2.30. The summed E-state index contributed by atoms with van der Waals surface area (Å²) in [6.07, 6.45) is 5.33. The van der Waals surface area contributed by atoms with Crippen molar-refractivity contribution in [1.29, 1.82) is 0 Å². The maximum atomic E-state index is 3.21. The fraction of sp³-hybridized carbons (Fsp3) is 1.00. The lowest BCUT2D eigenvalue weighted by Crippen LogP contribution is -2.30. The molecule has 0 aromatic rings. The highest BCUT2D eigenvalue weighted by molar-refractivity contribution is 4.59. The maximum absolute atomic E-state index is 3.21. The normalized spacial score (nSPS) is 11.7. The van der Waals surface area contributed by atoms with E-state index >= 15 is 0 Å². The lowest BCUT2D eigenvalue weighted by Gasteiger charge is -2.23. The minimum Gasteiger partial charge on any atom is -0.320 e. The molecule has 0 saturated carbocycles. The van der Waals surface area contributed by atoms with Crippen molar-refractivity contribution in [3.8, 4) is 0 Å². The van der Waals surface area contributed by atoms with Crippen LogP contribution in [0.4, 0.5) is 0 Å². The minimum atomic E-state index is 1.16. The molecule has 0 aromatic carbocycles. The Morgan fingerprint density at radius 3 is 1.78 bits per heavy atom. The van der Waals surface area contributed by atoms with Gasteiger partial charge in [0, 0.05) is 0 Å². The van der Waals surface area contributed by atoms with Gasteiger partial charge in [-0.05, 0) is 72.1 Å². The van der Waals surface area contributed by atoms with Gasteiger partial charge < -0.3 is 15.1 Å². The standard InChI is InChI=1S/C15H35N3/c1-5-17(6-2)14-11-15-18(7-3)13-10-8-9-12-16-4/h16H,5-15H2,1-4H3. The Balaban J connectivity index is 3.51. The molecule has 0 amide bonds. The zero-order valence-corrected chi connectivity index (χ0v) is 13.2. The van der Waals surface area contributed by atoms with Crippen LogP contribution in [-0.2, 0) is 0 Å². The lowest BCUT2D eigenvalue weighted by atomic mass is 10.2. The topological polar surface area (TPSA) is 18.5 Å². The third kappa shape index (κ3) is 9.86. The molecule has 0 radical (unpaired) electrons. The molecule has 0 unspecified atom stereocenters. The molecule has 18 heavy (non-hydrogen) atoms. The Kier molecular flexibility index (Phi) is 13.2. The van der Waals surface area contributed by atoms with Crippen LogP contribution in [0, 0.1) is 0 Å². The highest BCUT2D eigenvalue weighted by Crippen LogP contribution is 2.00. The van der Waals surface area contributed by atoms with Crippen molar-refractivity contribution >= 4 is 0 Å². The fourth-order valence-corrected chi connectivity index (χ4v) is 2.30. The second-order valence-corrected chi connectivity index (χ2v) is 4.98. The van der Waals surface area contributed by atoms with Crippen molar-refractivity contribution in [2.45, 2.75) is 46.5 Å². The van der Waals surface area contributed by atoms with Gasteiger partial charge in [-0.25, -0.2) is 0 Å². The molecule has 3 heteroatoms. The largest absolute Gasteiger partial charge is 0.320 e. The maximum Gasteiger partial charge on any atom is -0.000666 e. The van der Waals surface area contributed by atoms with Gasteiger partial charge in [0.2, 0.25) is 0 Å². The summed E-state index contributed by atoms with van der Waals surface area (Å²) in [6, 6.07) is 0. The number of nitrogens with one attached hydrogen (secondary N) is 1. The average Bonchev–Trinajstić information content (AvgIpc) is 2.41. The molecule has 0 fully saturated rings. The number of unbranched alkanes of at least 4 members (excludes halogenated alkanes) is 2. The van der Waals surface area contributed by atoms with Gasteiger partial charge in [-0.1, -0.05) is 27.2 Å². The molecule has 0 atom stereocenters. The van der Waals surface area contributed by atoms with Crippen molar-refractivity contribution in [3.63, 3.8) is 0 Å². The second-order valence-electron chi connectivity index (χ2n) is 4.98. The summed E-state index contributed by atoms with van der Waals surface area (Å²) in [6.45, 7) is 15.3. The van der Waals surface area contributed by atoms with Gasteiger partial charge in [0.25, 0.3) is 0 Å². The predicted molar refractivity (Wildman–Crippen MR) is 82.3 cm³/mol. The Morgan fingerprint density at radius 1 is 0.667 bits per heavy atom. The molecule has 0 aliphatic heterocycles. The zero-order chi connectivity index (χ0) is 13.6. The molecule has 0 saturated heterocycles. The predicted octanol–water partition coefficient (Wildman–Crippen LogP) is 2.43. The van der Waals surface area contributed by atoms with Gasteiger partial charge in [-0.3, -0.25) is 0 Å². The van der Waals surface area contributed by atoms with Crippen LogP contribution in [0.1, 0.15) is 46.5 Å². The molecule has 0 spiro atoms. The van der Waals surface area contributed by atoms with E-state index in [1.807, 2.05) is 7.05 Å². The van der Waals surface area contributed by atoms with Crippen molar-refractivity contribution in [3.05, 3.63) is 0 Å². The number of nitrogens with zero attached hydrogens (tertiary/aromatic N) is 2. The molecule has 1 N–H and O–H groups in total. The molecular weight excluding hydrogens is 222 g/mol. The van der Waals surface area contributed by atoms with E-state index in [-0.39, 0.29) is 0 Å². The van der Waals surface area contributed by atoms with Gasteiger partial charge in [0.1, 0.15) is 0 Å². The van der Waals surface area contributed by atoms with Gasteiger partial charge in [-0.15, -0.1) is 0 Å². The van der Waals surface area contributed by atoms with Crippen LogP contribution in [-0.4, -0.2) is 62.7 Å². The smallest absolute Gasteiger partial charge is 0.000666 e. The second kappa shape index (κ2) is 13.3. The Morgan fingerprint density at radius 2 is 1.22 bits per heavy atom. The van der Waals surface area contributed by atoms with Crippen LogP contribution in [0.3, 0.4) is 0 Å². The molecule has 0 heterocycles. The van der Waals surface area contributed by atoms with Crippen molar-refractivity contribution in [2.75, 3.05) is 52.9 Å². The Labute approximate surface area is 115 Å². The van der Waals surface area contributed by atoms with E-state index in [1.165, 1.54) is 65.0 Å². The SMILES string of the molecule is CCN(CC)CCCN(CC)CCCCCNC. The summed E-state index contributed by atoms with van der Waals surface area (Å²) in [5, 5.41) is 3.21. The lowest BCUT2D eigenvalue weighted by molar-refractivity contribution is 0.240. The van der Waals surface area contributed by atoms with Crippen LogP contribution in [0.2, 0.25) is 0 Å². The summed E-state index contributed by atoms with van der Waals surface area (Å²) in [7, 11) is 2.03. The first-order valence-electron chi connectivity index (χ1n) is 7.87. The molecule has 0 aromatic heterocycles. The van der Waals surface area contributed by atoms with Crippen LogP contribution in [0.25, 0.3) is 0 Å². The van der Waals surface area contributed by atoms with E-state index < -0.39 is 0 Å². The van der Waals surface area contributed by atoms with E-state index in [9.17, 15) is 0 Å².